The van der Waals surface area contributed by atoms with Gasteiger partial charge in [-0.25, -0.2) is 4.39 Å². The second kappa shape index (κ2) is 10.2. The molecule has 0 saturated carbocycles. The maximum atomic E-state index is 13.4. The highest BCUT2D eigenvalue weighted by Gasteiger charge is 2.35. The second-order valence-corrected chi connectivity index (χ2v) is 7.95. The van der Waals surface area contributed by atoms with E-state index in [1.165, 1.54) is 12.1 Å². The van der Waals surface area contributed by atoms with E-state index >= 15 is 0 Å². The molecular formula is C27H25FN2O3. The summed E-state index contributed by atoms with van der Waals surface area (Å²) in [5.74, 6) is -0.969. The van der Waals surface area contributed by atoms with Crippen molar-refractivity contribution in [2.75, 3.05) is 18.5 Å². The predicted octanol–water partition coefficient (Wildman–Crippen LogP) is 4.50. The van der Waals surface area contributed by atoms with Crippen molar-refractivity contribution in [2.24, 2.45) is 0 Å². The van der Waals surface area contributed by atoms with Crippen LogP contribution in [0.15, 0.2) is 90.0 Å². The second-order valence-electron chi connectivity index (χ2n) is 7.95. The van der Waals surface area contributed by atoms with Crippen LogP contribution < -0.4 is 10.6 Å². The summed E-state index contributed by atoms with van der Waals surface area (Å²) in [7, 11) is 0. The van der Waals surface area contributed by atoms with Gasteiger partial charge >= 0.3 is 0 Å². The fourth-order valence-electron chi connectivity index (χ4n) is 3.70. The molecule has 1 aliphatic rings. The molecule has 0 bridgehead atoms. The molecule has 3 aromatic rings. The van der Waals surface area contributed by atoms with E-state index in [1.807, 2.05) is 61.5 Å². The maximum Gasteiger partial charge on any atom is 0.250 e. The molecule has 1 heterocycles. The van der Waals surface area contributed by atoms with Crippen LogP contribution in [0.5, 0.6) is 0 Å². The third-order valence-electron chi connectivity index (χ3n) is 5.54. The standard InChI is InChI=1S/C27H25FN2O3/c1-18-7-9-19(10-8-18)15-30-27(32)25-23(24(31)16-29-22-5-3-2-4-6-22)17-33-26(25)20-11-13-21(28)14-12-20/h2-14,26,29H,15-17H2,1H3,(H,30,32). The van der Waals surface area contributed by atoms with E-state index in [0.29, 0.717) is 17.7 Å². The van der Waals surface area contributed by atoms with Crippen LogP contribution in [0.4, 0.5) is 10.1 Å². The number of hydrogen-bond acceptors (Lipinski definition) is 4. The van der Waals surface area contributed by atoms with E-state index in [4.69, 9.17) is 4.74 Å². The van der Waals surface area contributed by atoms with Gasteiger partial charge in [-0.05, 0) is 42.3 Å². The Kier molecular flexibility index (Phi) is 6.95. The lowest BCUT2D eigenvalue weighted by Gasteiger charge is -2.16. The minimum absolute atomic E-state index is 0.0185. The molecule has 0 spiro atoms. The summed E-state index contributed by atoms with van der Waals surface area (Å²) < 4.78 is 19.3. The molecule has 1 aliphatic heterocycles. The van der Waals surface area contributed by atoms with Crippen LogP contribution in [0.2, 0.25) is 0 Å². The van der Waals surface area contributed by atoms with Crippen LogP contribution in [0, 0.1) is 12.7 Å². The largest absolute Gasteiger partial charge is 0.378 e. The van der Waals surface area contributed by atoms with E-state index in [2.05, 4.69) is 10.6 Å². The number of benzene rings is 3. The minimum atomic E-state index is -0.737. The molecule has 5 nitrogen and oxygen atoms in total. The van der Waals surface area contributed by atoms with Gasteiger partial charge in [0.1, 0.15) is 11.9 Å². The third kappa shape index (κ3) is 5.54. The number of carbonyl (C=O) groups is 2. The number of hydrogen-bond donors (Lipinski definition) is 2. The van der Waals surface area contributed by atoms with Gasteiger partial charge in [-0.1, -0.05) is 60.2 Å². The Labute approximate surface area is 192 Å². The number of carbonyl (C=O) groups excluding carboxylic acids is 2. The summed E-state index contributed by atoms with van der Waals surface area (Å²) in [5, 5.41) is 5.99. The number of ketones is 1. The number of nitrogens with one attached hydrogen (secondary N) is 2. The van der Waals surface area contributed by atoms with Crippen molar-refractivity contribution in [1.82, 2.24) is 5.32 Å². The van der Waals surface area contributed by atoms with Crippen molar-refractivity contribution in [3.8, 4) is 0 Å². The Balaban J connectivity index is 1.56. The number of aryl methyl sites for hydroxylation is 1. The zero-order valence-electron chi connectivity index (χ0n) is 18.3. The summed E-state index contributed by atoms with van der Waals surface area (Å²) in [6, 6.07) is 23.0. The number of amides is 1. The summed E-state index contributed by atoms with van der Waals surface area (Å²) in [4.78, 5) is 26.3. The van der Waals surface area contributed by atoms with E-state index in [0.717, 1.165) is 16.8 Å². The van der Waals surface area contributed by atoms with Crippen molar-refractivity contribution in [3.05, 3.63) is 113 Å². The van der Waals surface area contributed by atoms with Crippen LogP contribution >= 0.6 is 0 Å². The Morgan fingerprint density at radius 2 is 1.67 bits per heavy atom. The Morgan fingerprint density at radius 3 is 2.36 bits per heavy atom. The molecular weight excluding hydrogens is 419 g/mol. The van der Waals surface area contributed by atoms with Gasteiger partial charge in [-0.15, -0.1) is 0 Å². The van der Waals surface area contributed by atoms with E-state index in [-0.39, 0.29) is 36.2 Å². The van der Waals surface area contributed by atoms with Crippen molar-refractivity contribution in [1.29, 1.82) is 0 Å². The molecule has 3 aromatic carbocycles. The highest BCUT2D eigenvalue weighted by molar-refractivity contribution is 6.08. The van der Waals surface area contributed by atoms with Gasteiger partial charge in [0.2, 0.25) is 0 Å². The van der Waals surface area contributed by atoms with E-state index in [1.54, 1.807) is 12.1 Å². The van der Waals surface area contributed by atoms with Crippen molar-refractivity contribution in [3.63, 3.8) is 0 Å². The lowest BCUT2D eigenvalue weighted by molar-refractivity contribution is -0.119. The van der Waals surface area contributed by atoms with Gasteiger partial charge in [0.15, 0.2) is 5.78 Å². The number of halogens is 1. The molecule has 0 fully saturated rings. The topological polar surface area (TPSA) is 67.4 Å². The van der Waals surface area contributed by atoms with Crippen molar-refractivity contribution in [2.45, 2.75) is 19.6 Å². The first kappa shape index (κ1) is 22.4. The molecule has 1 atom stereocenters. The van der Waals surface area contributed by atoms with Gasteiger partial charge in [0.25, 0.3) is 5.91 Å². The number of ether oxygens (including phenoxy) is 1. The predicted molar refractivity (Wildman–Crippen MR) is 125 cm³/mol. The lowest BCUT2D eigenvalue weighted by atomic mass is 9.96. The number of para-hydroxylation sites is 1. The third-order valence-corrected chi connectivity index (χ3v) is 5.54. The molecule has 33 heavy (non-hydrogen) atoms. The summed E-state index contributed by atoms with van der Waals surface area (Å²) in [6.07, 6.45) is -0.737. The summed E-state index contributed by atoms with van der Waals surface area (Å²) in [6.45, 7) is 2.37. The molecule has 4 rings (SSSR count). The van der Waals surface area contributed by atoms with Crippen LogP contribution in [-0.2, 0) is 20.9 Å². The molecule has 6 heteroatoms. The van der Waals surface area contributed by atoms with E-state index in [9.17, 15) is 14.0 Å². The molecule has 1 unspecified atom stereocenters. The van der Waals surface area contributed by atoms with Crippen molar-refractivity contribution >= 4 is 17.4 Å². The Hall–Kier alpha value is -3.77. The SMILES string of the molecule is Cc1ccc(CNC(=O)C2=C(C(=O)CNc3ccccc3)COC2c2ccc(F)cc2)cc1. The van der Waals surface area contributed by atoms with Gasteiger partial charge in [0, 0.05) is 17.8 Å². The fourth-order valence-corrected chi connectivity index (χ4v) is 3.70. The summed E-state index contributed by atoms with van der Waals surface area (Å²) >= 11 is 0. The van der Waals surface area contributed by atoms with Crippen molar-refractivity contribution < 1.29 is 18.7 Å². The zero-order chi connectivity index (χ0) is 23.2. The molecule has 0 saturated heterocycles. The molecule has 0 radical (unpaired) electrons. The Morgan fingerprint density at radius 1 is 0.970 bits per heavy atom. The Bertz CT molecular complexity index is 1160. The first-order valence-corrected chi connectivity index (χ1v) is 10.8. The molecule has 168 valence electrons. The average Bonchev–Trinajstić information content (AvgIpc) is 3.28. The molecule has 0 aromatic heterocycles. The molecule has 0 aliphatic carbocycles. The fraction of sp³-hybridized carbons (Fsp3) is 0.185. The average molecular weight is 445 g/mol. The normalized spacial score (nSPS) is 15.4. The van der Waals surface area contributed by atoms with E-state index < -0.39 is 6.10 Å². The van der Waals surface area contributed by atoms with Crippen LogP contribution in [0.1, 0.15) is 22.8 Å². The van der Waals surface area contributed by atoms with Crippen LogP contribution in [-0.4, -0.2) is 24.8 Å². The van der Waals surface area contributed by atoms with Gasteiger partial charge < -0.3 is 15.4 Å². The molecule has 2 N–H and O–H groups in total. The summed E-state index contributed by atoms with van der Waals surface area (Å²) in [5.41, 5.74) is 4.11. The first-order chi connectivity index (χ1) is 16.0. The minimum Gasteiger partial charge on any atom is -0.378 e. The van der Waals surface area contributed by atoms with Gasteiger partial charge in [-0.3, -0.25) is 9.59 Å². The quantitative estimate of drug-likeness (QED) is 0.537. The maximum absolute atomic E-state index is 13.4. The lowest BCUT2D eigenvalue weighted by Crippen LogP contribution is -2.28. The monoisotopic (exact) mass is 444 g/mol. The van der Waals surface area contributed by atoms with Crippen LogP contribution in [0.25, 0.3) is 0 Å². The highest BCUT2D eigenvalue weighted by Crippen LogP contribution is 2.35. The zero-order valence-corrected chi connectivity index (χ0v) is 18.3. The van der Waals surface area contributed by atoms with Gasteiger partial charge in [-0.2, -0.15) is 0 Å². The number of rotatable bonds is 8. The number of Topliss-reactive ketones (excluding diaryl/α,β-unsaturated/α-hetero) is 1. The number of anilines is 1. The van der Waals surface area contributed by atoms with Gasteiger partial charge in [0.05, 0.1) is 18.7 Å². The smallest absolute Gasteiger partial charge is 0.250 e. The first-order valence-electron chi connectivity index (χ1n) is 10.8. The highest BCUT2D eigenvalue weighted by atomic mass is 19.1. The van der Waals surface area contributed by atoms with Crippen LogP contribution in [0.3, 0.4) is 0 Å². The molecule has 1 amide bonds.